The summed E-state index contributed by atoms with van der Waals surface area (Å²) in [6.45, 7) is 15.9. The third kappa shape index (κ3) is 14.8. The number of hydrogen-bond donors (Lipinski definition) is 0. The molecule has 0 aromatic heterocycles. The fourth-order valence-corrected chi connectivity index (χ4v) is 32.9. The van der Waals surface area contributed by atoms with Gasteiger partial charge in [-0.25, -0.2) is 0 Å². The predicted molar refractivity (Wildman–Crippen MR) is 154 cm³/mol. The Bertz CT molecular complexity index is 533. The molecule has 1 rings (SSSR count). The second kappa shape index (κ2) is 15.7. The molecule has 18 heteroatoms. The molecule has 176 valence electrons. The molecule has 0 aliphatic carbocycles. The van der Waals surface area contributed by atoms with E-state index in [4.69, 9.17) is 12.3 Å². The quantitative estimate of drug-likeness (QED) is 0.238. The molecule has 0 aromatic rings. The Balaban J connectivity index is 2.81. The largest absolute Gasteiger partial charge is 0.416 e. The van der Waals surface area contributed by atoms with E-state index in [1.54, 1.807) is 0 Å². The van der Waals surface area contributed by atoms with Crippen LogP contribution in [0, 0.1) is 0 Å². The van der Waals surface area contributed by atoms with Crippen molar-refractivity contribution in [3.8, 4) is 0 Å². The molecule has 2 atom stereocenters. The zero-order chi connectivity index (χ0) is 25.3. The Labute approximate surface area is 233 Å². The molecular weight excluding hydrogens is 607 g/mol. The number of nitrogens with zero attached hydrogens (tertiary/aromatic N) is 3. The average molecular weight is 642 g/mol. The van der Waals surface area contributed by atoms with E-state index >= 15 is 0 Å². The SMILES string of the molecule is CC(C)[Si]N([Si])[Si]CC[Si]1(C)O[Si](C)(CC[Si]N([Si])[Si])O[Si](C)(CC[Si]N([Si])[Si]C(C)C)O1. The lowest BCUT2D eigenvalue weighted by molar-refractivity contribution is 0.224. The van der Waals surface area contributed by atoms with Gasteiger partial charge in [0.15, 0.2) is 0 Å². The molecule has 0 spiro atoms. The normalized spacial score (nSPS) is 28.7. The van der Waals surface area contributed by atoms with Crippen LogP contribution in [0.1, 0.15) is 27.7 Å². The highest BCUT2D eigenvalue weighted by Crippen LogP contribution is 2.38. The first kappa shape index (κ1) is 33.4. The van der Waals surface area contributed by atoms with Crippen LogP contribution in [-0.2, 0) is 12.3 Å². The molecule has 1 saturated heterocycles. The predicted octanol–water partition coefficient (Wildman–Crippen LogP) is 1.51. The Morgan fingerprint density at radius 3 is 1.18 bits per heavy atom. The second-order valence-corrected chi connectivity index (χ2v) is 33.3. The second-order valence-electron chi connectivity index (χ2n) is 9.26. The van der Waals surface area contributed by atoms with Crippen LogP contribution in [0.15, 0.2) is 0 Å². The molecule has 0 N–H and O–H groups in total. The molecule has 1 heterocycles. The molecule has 1 aliphatic heterocycles. The van der Waals surface area contributed by atoms with Crippen molar-refractivity contribution < 1.29 is 12.3 Å². The maximum atomic E-state index is 6.90. The molecular formula is C15H35N3O3Si12. The summed E-state index contributed by atoms with van der Waals surface area (Å²) in [4.78, 5) is 0. The smallest absolute Gasteiger partial charge is 0.317 e. The van der Waals surface area contributed by atoms with Crippen molar-refractivity contribution >= 4 is 116 Å². The minimum absolute atomic E-state index is 0.651. The zero-order valence-electron chi connectivity index (χ0n) is 21.0. The van der Waals surface area contributed by atoms with Crippen LogP contribution in [0.5, 0.6) is 0 Å². The Hall–Kier alpha value is 2.36. The lowest BCUT2D eigenvalue weighted by Gasteiger charge is -2.50. The number of rotatable bonds is 16. The molecule has 0 bridgehead atoms. The van der Waals surface area contributed by atoms with Gasteiger partial charge in [-0.2, -0.15) is 0 Å². The molecule has 0 aromatic carbocycles. The first-order valence-electron chi connectivity index (χ1n) is 11.2. The van der Waals surface area contributed by atoms with Gasteiger partial charge in [-0.1, -0.05) is 27.7 Å². The van der Waals surface area contributed by atoms with Gasteiger partial charge >= 0.3 is 25.7 Å². The lowest BCUT2D eigenvalue weighted by Crippen LogP contribution is -2.67. The van der Waals surface area contributed by atoms with Gasteiger partial charge in [-0.15, -0.1) is 0 Å². The van der Waals surface area contributed by atoms with Gasteiger partial charge in [-0.3, -0.25) is 0 Å². The third-order valence-corrected chi connectivity index (χ3v) is 28.3. The van der Waals surface area contributed by atoms with Crippen molar-refractivity contribution in [3.05, 3.63) is 0 Å². The van der Waals surface area contributed by atoms with E-state index in [9.17, 15) is 0 Å². The van der Waals surface area contributed by atoms with Gasteiger partial charge in [-0.05, 0) is 67.0 Å². The summed E-state index contributed by atoms with van der Waals surface area (Å²) in [5.74, 6) is 0. The van der Waals surface area contributed by atoms with Crippen molar-refractivity contribution in [3.63, 3.8) is 0 Å². The average Bonchev–Trinajstić information content (AvgIpc) is 2.58. The highest BCUT2D eigenvalue weighted by Gasteiger charge is 2.55. The van der Waals surface area contributed by atoms with Crippen LogP contribution in [0.25, 0.3) is 0 Å². The first-order valence-corrected chi connectivity index (χ1v) is 26.1. The van der Waals surface area contributed by atoms with Crippen molar-refractivity contribution in [2.75, 3.05) is 0 Å². The van der Waals surface area contributed by atoms with E-state index in [1.165, 1.54) is 0 Å². The fraction of sp³-hybridized carbons (Fsp3) is 1.00. The van der Waals surface area contributed by atoms with E-state index in [2.05, 4.69) is 96.7 Å². The van der Waals surface area contributed by atoms with Crippen LogP contribution >= 0.6 is 0 Å². The van der Waals surface area contributed by atoms with Crippen LogP contribution in [0.4, 0.5) is 0 Å². The van der Waals surface area contributed by atoms with Crippen molar-refractivity contribution in [1.82, 2.24) is 11.7 Å². The van der Waals surface area contributed by atoms with Gasteiger partial charge in [0, 0.05) is 0 Å². The highest BCUT2D eigenvalue weighted by atomic mass is 28.5. The van der Waals surface area contributed by atoms with E-state index in [0.29, 0.717) is 20.8 Å². The van der Waals surface area contributed by atoms with E-state index < -0.39 is 25.7 Å². The zero-order valence-corrected chi connectivity index (χ0v) is 33.0. The Kier molecular flexibility index (Phi) is 15.9. The van der Waals surface area contributed by atoms with E-state index in [-0.39, 0.29) is 0 Å². The summed E-state index contributed by atoms with van der Waals surface area (Å²) in [6, 6.07) is 6.37. The fourth-order valence-electron chi connectivity index (χ4n) is 3.53. The molecule has 6 nitrogen and oxygen atoms in total. The van der Waals surface area contributed by atoms with E-state index in [1.807, 2.05) is 3.90 Å². The molecule has 22 radical (unpaired) electrons. The molecule has 33 heavy (non-hydrogen) atoms. The van der Waals surface area contributed by atoms with Crippen LogP contribution < -0.4 is 0 Å². The molecule has 1 aliphatic rings. The molecule has 2 unspecified atom stereocenters. The van der Waals surface area contributed by atoms with Crippen molar-refractivity contribution in [2.45, 2.75) is 94.7 Å². The van der Waals surface area contributed by atoms with Gasteiger partial charge in [0.1, 0.15) is 90.0 Å². The molecule has 0 amide bonds. The Morgan fingerprint density at radius 2 is 0.909 bits per heavy atom. The summed E-state index contributed by atoms with van der Waals surface area (Å²) < 4.78 is 27.1. The molecule has 0 saturated carbocycles. The molecule has 1 fully saturated rings. The minimum atomic E-state index is -2.29. The summed E-state index contributed by atoms with van der Waals surface area (Å²) in [6.07, 6.45) is 0. The monoisotopic (exact) mass is 641 g/mol. The van der Waals surface area contributed by atoms with Crippen LogP contribution in [0.2, 0.25) is 67.0 Å². The minimum Gasteiger partial charge on any atom is -0.416 e. The van der Waals surface area contributed by atoms with Gasteiger partial charge in [0.2, 0.25) is 0 Å². The summed E-state index contributed by atoms with van der Waals surface area (Å²) in [5.41, 5.74) is 1.36. The lowest BCUT2D eigenvalue weighted by atomic mass is 10.6. The highest BCUT2D eigenvalue weighted by molar-refractivity contribution is 6.94. The number of hydrogen-bond acceptors (Lipinski definition) is 6. The standard InChI is InChI=1S/C15H35N3O3Si12/c1-14(2)29-17(24)27-9-12-32(6)19-31(5,11-8-26-16(22)23)20-33(7,21-32)13-10-28-18(25)30-15(3)4/h14-15H,8-13H2,1-7H3. The maximum Gasteiger partial charge on any atom is 0.317 e. The summed E-state index contributed by atoms with van der Waals surface area (Å²) in [5, 5.41) is 0. The van der Waals surface area contributed by atoms with Crippen molar-refractivity contribution in [1.29, 1.82) is 0 Å². The van der Waals surface area contributed by atoms with Gasteiger partial charge in [0.05, 0.1) is 0 Å². The first-order chi connectivity index (χ1) is 15.2. The van der Waals surface area contributed by atoms with Gasteiger partial charge < -0.3 is 24.0 Å². The summed E-state index contributed by atoms with van der Waals surface area (Å²) in [7, 11) is 11.5. The summed E-state index contributed by atoms with van der Waals surface area (Å²) >= 11 is 0. The third-order valence-electron chi connectivity index (χ3n) is 4.62. The topological polar surface area (TPSA) is 37.4 Å². The van der Waals surface area contributed by atoms with Crippen molar-refractivity contribution in [2.24, 2.45) is 0 Å². The van der Waals surface area contributed by atoms with Crippen LogP contribution in [0.3, 0.4) is 0 Å². The van der Waals surface area contributed by atoms with E-state index in [0.717, 1.165) is 75.0 Å². The maximum absolute atomic E-state index is 6.90. The van der Waals surface area contributed by atoms with Crippen LogP contribution in [-0.4, -0.2) is 127 Å². The van der Waals surface area contributed by atoms with Gasteiger partial charge in [0.25, 0.3) is 0 Å². The Morgan fingerprint density at radius 1 is 0.606 bits per heavy atom.